The maximum atomic E-state index is 13.0. The molecule has 0 unspecified atom stereocenters. The quantitative estimate of drug-likeness (QED) is 0.864. The number of nitrogens with one attached hydrogen (secondary N) is 1. The van der Waals surface area contributed by atoms with Crippen LogP contribution in [0.5, 0.6) is 0 Å². The predicted octanol–water partition coefficient (Wildman–Crippen LogP) is 3.97. The number of hydrogen-bond donors (Lipinski definition) is 1. The first-order valence-corrected chi connectivity index (χ1v) is 6.58. The van der Waals surface area contributed by atoms with Gasteiger partial charge in [0, 0.05) is 16.3 Å². The lowest BCUT2D eigenvalue weighted by Gasteiger charge is -2.02. The number of halogens is 1. The van der Waals surface area contributed by atoms with Crippen molar-refractivity contribution in [3.63, 3.8) is 0 Å². The summed E-state index contributed by atoms with van der Waals surface area (Å²) < 4.78 is 13.0. The average Bonchev–Trinajstić information content (AvgIpc) is 2.75. The number of benzene rings is 1. The van der Waals surface area contributed by atoms with Crippen molar-refractivity contribution in [1.29, 1.82) is 0 Å². The lowest BCUT2D eigenvalue weighted by Crippen LogP contribution is -2.10. The van der Waals surface area contributed by atoms with Gasteiger partial charge in [-0.25, -0.2) is 4.39 Å². The van der Waals surface area contributed by atoms with Crippen molar-refractivity contribution in [2.24, 2.45) is 0 Å². The van der Waals surface area contributed by atoms with E-state index in [-0.39, 0.29) is 5.82 Å². The topological polar surface area (TPSA) is 12.0 Å². The van der Waals surface area contributed by atoms with E-state index < -0.39 is 0 Å². The highest BCUT2D eigenvalue weighted by Crippen LogP contribution is 2.30. The minimum absolute atomic E-state index is 0.171. The van der Waals surface area contributed by atoms with Crippen molar-refractivity contribution in [2.45, 2.75) is 20.4 Å². The molecular formula is C14H16FNS. The van der Waals surface area contributed by atoms with E-state index in [9.17, 15) is 4.39 Å². The molecule has 0 fully saturated rings. The third-order valence-electron chi connectivity index (χ3n) is 2.66. The van der Waals surface area contributed by atoms with Gasteiger partial charge in [-0.2, -0.15) is 0 Å². The van der Waals surface area contributed by atoms with Crippen molar-refractivity contribution in [3.8, 4) is 10.4 Å². The van der Waals surface area contributed by atoms with Crippen molar-refractivity contribution in [3.05, 3.63) is 46.6 Å². The van der Waals surface area contributed by atoms with E-state index in [2.05, 4.69) is 24.4 Å². The lowest BCUT2D eigenvalue weighted by molar-refractivity contribution is 0.627. The second kappa shape index (κ2) is 5.43. The van der Waals surface area contributed by atoms with Crippen LogP contribution in [0.3, 0.4) is 0 Å². The van der Waals surface area contributed by atoms with Crippen LogP contribution in [0.2, 0.25) is 0 Å². The Kier molecular flexibility index (Phi) is 3.92. The molecule has 1 aromatic carbocycles. The minimum Gasteiger partial charge on any atom is -0.312 e. The largest absolute Gasteiger partial charge is 0.312 e. The van der Waals surface area contributed by atoms with Gasteiger partial charge in [0.05, 0.1) is 0 Å². The molecule has 3 heteroatoms. The van der Waals surface area contributed by atoms with E-state index >= 15 is 0 Å². The molecule has 0 aliphatic rings. The Morgan fingerprint density at radius 3 is 2.76 bits per heavy atom. The molecule has 1 N–H and O–H groups in total. The molecule has 0 saturated carbocycles. The zero-order valence-electron chi connectivity index (χ0n) is 10.1. The standard InChI is InChI=1S/C14H16FNS/c1-3-16-9-12-5-7-14(17-12)13-6-4-11(15)8-10(13)2/h4-8,16H,3,9H2,1-2H3. The van der Waals surface area contributed by atoms with Crippen molar-refractivity contribution >= 4 is 11.3 Å². The Labute approximate surface area is 105 Å². The van der Waals surface area contributed by atoms with Gasteiger partial charge in [-0.3, -0.25) is 0 Å². The SMILES string of the molecule is CCNCc1ccc(-c2ccc(F)cc2C)s1. The van der Waals surface area contributed by atoms with Crippen molar-refractivity contribution in [1.82, 2.24) is 5.32 Å². The summed E-state index contributed by atoms with van der Waals surface area (Å²) in [6.45, 7) is 5.92. The summed E-state index contributed by atoms with van der Waals surface area (Å²) >= 11 is 1.76. The lowest BCUT2D eigenvalue weighted by atomic mass is 10.1. The molecule has 17 heavy (non-hydrogen) atoms. The highest BCUT2D eigenvalue weighted by molar-refractivity contribution is 7.15. The molecule has 1 heterocycles. The van der Waals surface area contributed by atoms with Gasteiger partial charge in [-0.05, 0) is 48.9 Å². The van der Waals surface area contributed by atoms with Crippen LogP contribution < -0.4 is 5.32 Å². The first-order valence-electron chi connectivity index (χ1n) is 5.76. The fraction of sp³-hybridized carbons (Fsp3) is 0.286. The first kappa shape index (κ1) is 12.3. The number of thiophene rings is 1. The third kappa shape index (κ3) is 2.93. The Morgan fingerprint density at radius 1 is 1.24 bits per heavy atom. The van der Waals surface area contributed by atoms with E-state index in [1.54, 1.807) is 17.4 Å². The van der Waals surface area contributed by atoms with Gasteiger partial charge in [0.2, 0.25) is 0 Å². The molecule has 0 radical (unpaired) electrons. The van der Waals surface area contributed by atoms with Gasteiger partial charge in [0.15, 0.2) is 0 Å². The Morgan fingerprint density at radius 2 is 2.06 bits per heavy atom. The summed E-state index contributed by atoms with van der Waals surface area (Å²) in [6.07, 6.45) is 0. The monoisotopic (exact) mass is 249 g/mol. The van der Waals surface area contributed by atoms with Gasteiger partial charge in [0.1, 0.15) is 5.82 Å². The number of rotatable bonds is 4. The van der Waals surface area contributed by atoms with E-state index in [1.165, 1.54) is 15.8 Å². The zero-order chi connectivity index (χ0) is 12.3. The zero-order valence-corrected chi connectivity index (χ0v) is 10.9. The van der Waals surface area contributed by atoms with E-state index in [0.29, 0.717) is 0 Å². The molecule has 0 atom stereocenters. The maximum absolute atomic E-state index is 13.0. The fourth-order valence-electron chi connectivity index (χ4n) is 1.77. The van der Waals surface area contributed by atoms with Gasteiger partial charge < -0.3 is 5.32 Å². The van der Waals surface area contributed by atoms with Gasteiger partial charge >= 0.3 is 0 Å². The van der Waals surface area contributed by atoms with E-state index in [1.807, 2.05) is 13.0 Å². The Balaban J connectivity index is 2.24. The number of aryl methyl sites for hydroxylation is 1. The molecule has 0 amide bonds. The van der Waals surface area contributed by atoms with Crippen LogP contribution in [0.25, 0.3) is 10.4 Å². The maximum Gasteiger partial charge on any atom is 0.123 e. The minimum atomic E-state index is -0.171. The summed E-state index contributed by atoms with van der Waals surface area (Å²) in [4.78, 5) is 2.51. The third-order valence-corrected chi connectivity index (χ3v) is 3.78. The van der Waals surface area contributed by atoms with Crippen LogP contribution in [0, 0.1) is 12.7 Å². The fourth-order valence-corrected chi connectivity index (χ4v) is 2.84. The van der Waals surface area contributed by atoms with Crippen molar-refractivity contribution < 1.29 is 4.39 Å². The molecule has 1 nitrogen and oxygen atoms in total. The smallest absolute Gasteiger partial charge is 0.123 e. The summed E-state index contributed by atoms with van der Waals surface area (Å²) in [5.41, 5.74) is 2.11. The second-order valence-corrected chi connectivity index (χ2v) is 5.17. The molecule has 90 valence electrons. The Hall–Kier alpha value is -1.19. The first-order chi connectivity index (χ1) is 8.20. The molecule has 0 spiro atoms. The average molecular weight is 249 g/mol. The molecule has 0 saturated heterocycles. The van der Waals surface area contributed by atoms with Crippen LogP contribution in [0.4, 0.5) is 4.39 Å². The van der Waals surface area contributed by atoms with Gasteiger partial charge in [-0.15, -0.1) is 11.3 Å². The second-order valence-electron chi connectivity index (χ2n) is 4.01. The molecule has 0 aliphatic heterocycles. The molecule has 2 rings (SSSR count). The number of hydrogen-bond acceptors (Lipinski definition) is 2. The van der Waals surface area contributed by atoms with Crippen LogP contribution in [0.1, 0.15) is 17.4 Å². The summed E-state index contributed by atoms with van der Waals surface area (Å²) in [7, 11) is 0. The molecule has 0 aliphatic carbocycles. The summed E-state index contributed by atoms with van der Waals surface area (Å²) in [6, 6.07) is 9.20. The van der Waals surface area contributed by atoms with Crippen LogP contribution >= 0.6 is 11.3 Å². The van der Waals surface area contributed by atoms with Crippen LogP contribution in [-0.2, 0) is 6.54 Å². The van der Waals surface area contributed by atoms with Crippen LogP contribution in [-0.4, -0.2) is 6.54 Å². The molecule has 1 aromatic heterocycles. The summed E-state index contributed by atoms with van der Waals surface area (Å²) in [5, 5.41) is 3.30. The Bertz CT molecular complexity index is 505. The predicted molar refractivity (Wildman–Crippen MR) is 71.8 cm³/mol. The van der Waals surface area contributed by atoms with E-state index in [4.69, 9.17) is 0 Å². The normalized spacial score (nSPS) is 10.8. The molecule has 0 bridgehead atoms. The van der Waals surface area contributed by atoms with Gasteiger partial charge in [0.25, 0.3) is 0 Å². The van der Waals surface area contributed by atoms with Crippen molar-refractivity contribution in [2.75, 3.05) is 6.54 Å². The van der Waals surface area contributed by atoms with Crippen LogP contribution in [0.15, 0.2) is 30.3 Å². The molecule has 2 aromatic rings. The molecular weight excluding hydrogens is 233 g/mol. The van der Waals surface area contributed by atoms with Gasteiger partial charge in [-0.1, -0.05) is 13.0 Å². The highest BCUT2D eigenvalue weighted by Gasteiger charge is 2.06. The summed E-state index contributed by atoms with van der Waals surface area (Å²) in [5.74, 6) is -0.171. The highest BCUT2D eigenvalue weighted by atomic mass is 32.1. The van der Waals surface area contributed by atoms with E-state index in [0.717, 1.165) is 24.2 Å².